The Morgan fingerprint density at radius 2 is 2.13 bits per heavy atom. The second-order valence-corrected chi connectivity index (χ2v) is 5.36. The molecule has 1 aromatic rings. The van der Waals surface area contributed by atoms with Gasteiger partial charge < -0.3 is 20.0 Å². The number of hydrogen-bond acceptors (Lipinski definition) is 5. The number of amides is 1. The third kappa shape index (κ3) is 5.15. The molecule has 1 saturated carbocycles. The molecule has 0 spiro atoms. The van der Waals surface area contributed by atoms with Gasteiger partial charge in [-0.1, -0.05) is 25.0 Å². The van der Waals surface area contributed by atoms with Gasteiger partial charge in [0.2, 0.25) is 0 Å². The predicted octanol–water partition coefficient (Wildman–Crippen LogP) is 0.781. The first-order valence-electron chi connectivity index (χ1n) is 7.44. The number of hydrogen-bond donors (Lipinski definition) is 1. The SMILES string of the molecule is N#C/C(=C\c1cccc(OCC(=O)[O-])c1)C(=O)NC1CCCC1. The highest BCUT2D eigenvalue weighted by atomic mass is 16.5. The molecule has 6 nitrogen and oxygen atoms in total. The molecule has 120 valence electrons. The summed E-state index contributed by atoms with van der Waals surface area (Å²) in [5.74, 6) is -1.38. The minimum absolute atomic E-state index is 0.00829. The molecule has 1 N–H and O–H groups in total. The van der Waals surface area contributed by atoms with Crippen molar-refractivity contribution in [2.24, 2.45) is 0 Å². The Morgan fingerprint density at radius 3 is 2.78 bits per heavy atom. The van der Waals surface area contributed by atoms with Gasteiger partial charge in [-0.05, 0) is 36.6 Å². The van der Waals surface area contributed by atoms with E-state index in [1.165, 1.54) is 6.08 Å². The van der Waals surface area contributed by atoms with Crippen LogP contribution in [0.4, 0.5) is 0 Å². The number of nitrogens with one attached hydrogen (secondary N) is 1. The van der Waals surface area contributed by atoms with E-state index in [0.29, 0.717) is 11.3 Å². The van der Waals surface area contributed by atoms with Gasteiger partial charge in [0.25, 0.3) is 5.91 Å². The third-order valence-corrected chi connectivity index (χ3v) is 3.58. The lowest BCUT2D eigenvalue weighted by Crippen LogP contribution is -2.33. The highest BCUT2D eigenvalue weighted by Crippen LogP contribution is 2.19. The van der Waals surface area contributed by atoms with E-state index in [0.717, 1.165) is 25.7 Å². The van der Waals surface area contributed by atoms with Crippen molar-refractivity contribution in [3.05, 3.63) is 35.4 Å². The summed E-state index contributed by atoms with van der Waals surface area (Å²) in [5.41, 5.74) is 0.591. The predicted molar refractivity (Wildman–Crippen MR) is 80.9 cm³/mol. The van der Waals surface area contributed by atoms with Crippen molar-refractivity contribution in [1.82, 2.24) is 5.32 Å². The first kappa shape index (κ1) is 16.6. The van der Waals surface area contributed by atoms with Crippen molar-refractivity contribution in [2.45, 2.75) is 31.7 Å². The van der Waals surface area contributed by atoms with Gasteiger partial charge in [0.1, 0.15) is 24.0 Å². The molecule has 1 fully saturated rings. The summed E-state index contributed by atoms with van der Waals surface area (Å²) in [4.78, 5) is 22.5. The zero-order chi connectivity index (χ0) is 16.7. The van der Waals surface area contributed by atoms with E-state index < -0.39 is 12.6 Å². The lowest BCUT2D eigenvalue weighted by Gasteiger charge is -2.11. The summed E-state index contributed by atoms with van der Waals surface area (Å²) < 4.78 is 5.02. The fourth-order valence-electron chi connectivity index (χ4n) is 2.48. The number of nitriles is 1. The normalized spacial score (nSPS) is 15.0. The highest BCUT2D eigenvalue weighted by molar-refractivity contribution is 6.01. The Balaban J connectivity index is 2.07. The molecule has 0 radical (unpaired) electrons. The second kappa shape index (κ2) is 7.99. The first-order valence-corrected chi connectivity index (χ1v) is 7.44. The largest absolute Gasteiger partial charge is 0.546 e. The molecular weight excluding hydrogens is 296 g/mol. The summed E-state index contributed by atoms with van der Waals surface area (Å²) in [5, 5.41) is 22.4. The molecule has 1 amide bonds. The molecule has 1 aromatic carbocycles. The molecule has 0 atom stereocenters. The number of rotatable bonds is 6. The van der Waals surface area contributed by atoms with Gasteiger partial charge in [0.05, 0.1) is 5.97 Å². The van der Waals surface area contributed by atoms with E-state index >= 15 is 0 Å². The molecule has 0 unspecified atom stereocenters. The average molecular weight is 313 g/mol. The summed E-state index contributed by atoms with van der Waals surface area (Å²) in [6.07, 6.45) is 5.52. The Kier molecular flexibility index (Phi) is 5.75. The molecule has 1 aliphatic rings. The molecule has 1 aliphatic carbocycles. The van der Waals surface area contributed by atoms with Crippen LogP contribution in [-0.2, 0) is 9.59 Å². The topological polar surface area (TPSA) is 102 Å². The number of carbonyl (C=O) groups excluding carboxylic acids is 2. The van der Waals surface area contributed by atoms with E-state index in [9.17, 15) is 20.0 Å². The van der Waals surface area contributed by atoms with Crippen LogP contribution in [0.25, 0.3) is 6.08 Å². The monoisotopic (exact) mass is 313 g/mol. The molecule has 23 heavy (non-hydrogen) atoms. The molecule has 0 bridgehead atoms. The molecule has 0 aliphatic heterocycles. The van der Waals surface area contributed by atoms with Gasteiger partial charge in [0, 0.05) is 6.04 Å². The summed E-state index contributed by atoms with van der Waals surface area (Å²) >= 11 is 0. The van der Waals surface area contributed by atoms with Gasteiger partial charge in [-0.3, -0.25) is 4.79 Å². The maximum absolute atomic E-state index is 12.1. The van der Waals surface area contributed by atoms with Crippen LogP contribution in [0.2, 0.25) is 0 Å². The van der Waals surface area contributed by atoms with Gasteiger partial charge >= 0.3 is 0 Å². The van der Waals surface area contributed by atoms with Crippen LogP contribution >= 0.6 is 0 Å². The zero-order valence-electron chi connectivity index (χ0n) is 12.6. The minimum Gasteiger partial charge on any atom is -0.546 e. The van der Waals surface area contributed by atoms with Crippen molar-refractivity contribution >= 4 is 18.0 Å². The van der Waals surface area contributed by atoms with Crippen molar-refractivity contribution in [1.29, 1.82) is 5.26 Å². The number of carboxylic acids is 1. The van der Waals surface area contributed by atoms with Crippen LogP contribution in [0.3, 0.4) is 0 Å². The van der Waals surface area contributed by atoms with E-state index in [2.05, 4.69) is 5.32 Å². The van der Waals surface area contributed by atoms with Crippen molar-refractivity contribution in [3.63, 3.8) is 0 Å². The van der Waals surface area contributed by atoms with Crippen LogP contribution in [0.5, 0.6) is 5.75 Å². The Labute approximate surface area is 134 Å². The quantitative estimate of drug-likeness (QED) is 0.617. The van der Waals surface area contributed by atoms with Crippen LogP contribution < -0.4 is 15.2 Å². The number of benzene rings is 1. The summed E-state index contributed by atoms with van der Waals surface area (Å²) in [7, 11) is 0. The maximum Gasteiger partial charge on any atom is 0.262 e. The number of ether oxygens (including phenoxy) is 1. The van der Waals surface area contributed by atoms with Crippen molar-refractivity contribution < 1.29 is 19.4 Å². The minimum atomic E-state index is -1.32. The Bertz CT molecular complexity index is 655. The van der Waals surface area contributed by atoms with Gasteiger partial charge in [-0.15, -0.1) is 0 Å². The summed E-state index contributed by atoms with van der Waals surface area (Å²) in [6.45, 7) is -0.555. The number of aliphatic carboxylic acids is 1. The lowest BCUT2D eigenvalue weighted by atomic mass is 10.1. The standard InChI is InChI=1S/C17H18N2O4/c18-10-13(17(22)19-14-5-1-2-6-14)8-12-4-3-7-15(9-12)23-11-16(20)21/h3-4,7-9,14H,1-2,5-6,11H2,(H,19,22)(H,20,21)/p-1/b13-8+. The second-order valence-electron chi connectivity index (χ2n) is 5.36. The average Bonchev–Trinajstić information content (AvgIpc) is 3.04. The fraction of sp³-hybridized carbons (Fsp3) is 0.353. The molecule has 0 saturated heterocycles. The molecule has 0 aromatic heterocycles. The Morgan fingerprint density at radius 1 is 1.39 bits per heavy atom. The van der Waals surface area contributed by atoms with Crippen molar-refractivity contribution in [2.75, 3.05) is 6.61 Å². The van der Waals surface area contributed by atoms with Crippen LogP contribution in [-0.4, -0.2) is 24.5 Å². The van der Waals surface area contributed by atoms with E-state index in [1.54, 1.807) is 24.3 Å². The van der Waals surface area contributed by atoms with Gasteiger partial charge in [-0.25, -0.2) is 0 Å². The first-order chi connectivity index (χ1) is 11.1. The summed E-state index contributed by atoms with van der Waals surface area (Å²) in [6, 6.07) is 8.53. The zero-order valence-corrected chi connectivity index (χ0v) is 12.6. The highest BCUT2D eigenvalue weighted by Gasteiger charge is 2.19. The number of nitrogens with zero attached hydrogens (tertiary/aromatic N) is 1. The van der Waals surface area contributed by atoms with Gasteiger partial charge in [0.15, 0.2) is 0 Å². The van der Waals surface area contributed by atoms with E-state index in [1.807, 2.05) is 6.07 Å². The molecule has 0 heterocycles. The van der Waals surface area contributed by atoms with E-state index in [4.69, 9.17) is 4.74 Å². The maximum atomic E-state index is 12.1. The third-order valence-electron chi connectivity index (χ3n) is 3.58. The number of carbonyl (C=O) groups is 2. The van der Waals surface area contributed by atoms with E-state index in [-0.39, 0.29) is 17.5 Å². The molecular formula is C17H17N2O4-. The van der Waals surface area contributed by atoms with Crippen molar-refractivity contribution in [3.8, 4) is 11.8 Å². The van der Waals surface area contributed by atoms with Crippen LogP contribution in [0, 0.1) is 11.3 Å². The molecule has 2 rings (SSSR count). The van der Waals surface area contributed by atoms with Crippen LogP contribution in [0.15, 0.2) is 29.8 Å². The fourth-order valence-corrected chi connectivity index (χ4v) is 2.48. The number of carboxylic acid groups (broad SMARTS) is 1. The van der Waals surface area contributed by atoms with Gasteiger partial charge in [-0.2, -0.15) is 5.26 Å². The van der Waals surface area contributed by atoms with Crippen LogP contribution in [0.1, 0.15) is 31.2 Å². The molecule has 6 heteroatoms. The Hall–Kier alpha value is -2.81. The smallest absolute Gasteiger partial charge is 0.262 e. The lowest BCUT2D eigenvalue weighted by molar-refractivity contribution is -0.307.